The second-order valence-electron chi connectivity index (χ2n) is 33.2. The van der Waals surface area contributed by atoms with E-state index in [1.807, 2.05) is 0 Å². The van der Waals surface area contributed by atoms with Crippen LogP contribution in [0.4, 0.5) is 0 Å². The molecular formula is C89H174O17P2. The molecule has 108 heavy (non-hydrogen) atoms. The zero-order valence-electron chi connectivity index (χ0n) is 71.3. The van der Waals surface area contributed by atoms with E-state index in [1.165, 1.54) is 276 Å². The third-order valence-electron chi connectivity index (χ3n) is 21.2. The van der Waals surface area contributed by atoms with Gasteiger partial charge in [0.15, 0.2) is 12.2 Å². The van der Waals surface area contributed by atoms with Crippen LogP contribution in [0.2, 0.25) is 0 Å². The van der Waals surface area contributed by atoms with E-state index in [0.717, 1.165) is 108 Å². The van der Waals surface area contributed by atoms with E-state index >= 15 is 0 Å². The van der Waals surface area contributed by atoms with Gasteiger partial charge in [0, 0.05) is 25.7 Å². The molecule has 0 heterocycles. The third-order valence-corrected chi connectivity index (χ3v) is 23.1. The topological polar surface area (TPSA) is 237 Å². The summed E-state index contributed by atoms with van der Waals surface area (Å²) in [7, 11) is -9.93. The number of phosphoric acid groups is 2. The summed E-state index contributed by atoms with van der Waals surface area (Å²) in [6.45, 7) is 12.0. The smallest absolute Gasteiger partial charge is 0.462 e. The number of phosphoric ester groups is 2. The molecule has 642 valence electrons. The Balaban J connectivity index is 5.20. The molecule has 0 aliphatic rings. The molecule has 0 fully saturated rings. The van der Waals surface area contributed by atoms with Gasteiger partial charge in [0.2, 0.25) is 0 Å². The summed E-state index contributed by atoms with van der Waals surface area (Å²) in [5.74, 6) is 0.260. The van der Waals surface area contributed by atoms with Crippen LogP contribution in [0.5, 0.6) is 0 Å². The van der Waals surface area contributed by atoms with Crippen LogP contribution in [-0.2, 0) is 65.4 Å². The minimum atomic E-state index is -4.97. The molecule has 0 amide bonds. The van der Waals surface area contributed by atoms with Crippen molar-refractivity contribution in [3.8, 4) is 0 Å². The first kappa shape index (κ1) is 106. The predicted molar refractivity (Wildman–Crippen MR) is 446 cm³/mol. The third kappa shape index (κ3) is 80.7. The lowest BCUT2D eigenvalue weighted by Gasteiger charge is -2.21. The molecular weight excluding hydrogens is 1400 g/mol. The van der Waals surface area contributed by atoms with E-state index in [4.69, 9.17) is 37.0 Å². The highest BCUT2D eigenvalue weighted by molar-refractivity contribution is 7.47. The van der Waals surface area contributed by atoms with Gasteiger partial charge in [-0.3, -0.25) is 37.3 Å². The fourth-order valence-electron chi connectivity index (χ4n) is 13.9. The van der Waals surface area contributed by atoms with E-state index in [-0.39, 0.29) is 25.7 Å². The quantitative estimate of drug-likeness (QED) is 0.0222. The van der Waals surface area contributed by atoms with Crippen molar-refractivity contribution in [3.05, 3.63) is 0 Å². The van der Waals surface area contributed by atoms with Gasteiger partial charge >= 0.3 is 39.5 Å². The van der Waals surface area contributed by atoms with Crippen LogP contribution in [-0.4, -0.2) is 96.7 Å². The van der Waals surface area contributed by atoms with Crippen molar-refractivity contribution in [2.24, 2.45) is 17.8 Å². The minimum Gasteiger partial charge on any atom is -0.462 e. The van der Waals surface area contributed by atoms with Gasteiger partial charge in [-0.05, 0) is 43.4 Å². The van der Waals surface area contributed by atoms with Gasteiger partial charge in [-0.2, -0.15) is 0 Å². The zero-order valence-corrected chi connectivity index (χ0v) is 73.1. The van der Waals surface area contributed by atoms with Crippen LogP contribution in [0.3, 0.4) is 0 Å². The van der Waals surface area contributed by atoms with Gasteiger partial charge in [0.05, 0.1) is 26.4 Å². The Morgan fingerprint density at radius 2 is 0.472 bits per heavy atom. The molecule has 0 radical (unpaired) electrons. The van der Waals surface area contributed by atoms with Gasteiger partial charge in [-0.1, -0.05) is 421 Å². The number of carbonyl (C=O) groups is 4. The lowest BCUT2D eigenvalue weighted by molar-refractivity contribution is -0.161. The van der Waals surface area contributed by atoms with E-state index in [2.05, 4.69) is 48.5 Å². The number of ether oxygens (including phenoxy) is 4. The highest BCUT2D eigenvalue weighted by Crippen LogP contribution is 2.45. The monoisotopic (exact) mass is 1580 g/mol. The molecule has 0 bridgehead atoms. The highest BCUT2D eigenvalue weighted by Gasteiger charge is 2.31. The van der Waals surface area contributed by atoms with Crippen molar-refractivity contribution in [3.63, 3.8) is 0 Å². The summed E-state index contributed by atoms with van der Waals surface area (Å²) in [5.41, 5.74) is 0. The fourth-order valence-corrected chi connectivity index (χ4v) is 15.4. The zero-order chi connectivity index (χ0) is 79.3. The number of hydrogen-bond acceptors (Lipinski definition) is 15. The van der Waals surface area contributed by atoms with E-state index in [9.17, 15) is 43.2 Å². The lowest BCUT2D eigenvalue weighted by atomic mass is 9.99. The van der Waals surface area contributed by atoms with Crippen LogP contribution in [0.15, 0.2) is 0 Å². The number of rotatable bonds is 87. The van der Waals surface area contributed by atoms with Gasteiger partial charge in [-0.25, -0.2) is 9.13 Å². The van der Waals surface area contributed by atoms with Crippen LogP contribution in [0, 0.1) is 17.8 Å². The molecule has 0 aliphatic carbocycles. The van der Waals surface area contributed by atoms with E-state index in [0.29, 0.717) is 31.6 Å². The van der Waals surface area contributed by atoms with Crippen molar-refractivity contribution in [1.29, 1.82) is 0 Å². The normalized spacial score (nSPS) is 14.1. The summed E-state index contributed by atoms with van der Waals surface area (Å²) in [6, 6.07) is 0. The SMILES string of the molecule is CCCCCCCCCCCCCCCCCCCCC(=O)O[C@H](COC(=O)CCCCCCCCC(C)C)COP(=O)(O)OC[C@H](O)COP(=O)(O)OC[C@@H](COC(=O)CCCCCCCCCCCCCCCCCCC(C)C)OC(=O)CCCCCCCCCCCCCCCCCCCCC(C)CC. The first-order valence-corrected chi connectivity index (χ1v) is 48.9. The molecule has 0 aliphatic heterocycles. The lowest BCUT2D eigenvalue weighted by Crippen LogP contribution is -2.30. The van der Waals surface area contributed by atoms with Crippen LogP contribution in [0.1, 0.15) is 472 Å². The first-order valence-electron chi connectivity index (χ1n) is 45.9. The standard InChI is InChI=1S/C89H174O17P2/c1-8-10-11-12-13-14-15-16-17-18-22-29-34-39-44-49-58-66-73-89(94)106-85(77-100-87(92)71-64-57-52-51-54-61-68-81(5)6)79-104-108(97,98)102-75-83(90)74-101-107(95,96)103-78-84(76-99-86(91)70-63-56-48-43-38-33-28-25-24-26-31-36-41-46-53-60-67-80(3)4)105-88(93)72-65-59-50-45-40-35-30-23-20-19-21-27-32-37-42-47-55-62-69-82(7)9-2/h80-85,90H,8-79H2,1-7H3,(H,95,96)(H,97,98)/t82?,83-,84-,85-/m1/s1. The molecule has 17 nitrogen and oxygen atoms in total. The van der Waals surface area contributed by atoms with Crippen molar-refractivity contribution in [2.45, 2.75) is 491 Å². The summed E-state index contributed by atoms with van der Waals surface area (Å²) in [6.07, 6.45) is 71.0. The number of esters is 4. The highest BCUT2D eigenvalue weighted by atomic mass is 31.2. The molecule has 0 spiro atoms. The van der Waals surface area contributed by atoms with E-state index in [1.54, 1.807) is 0 Å². The Morgan fingerprint density at radius 1 is 0.269 bits per heavy atom. The molecule has 0 saturated carbocycles. The van der Waals surface area contributed by atoms with Gasteiger partial charge in [-0.15, -0.1) is 0 Å². The van der Waals surface area contributed by atoms with Crippen LogP contribution in [0.25, 0.3) is 0 Å². The number of carbonyl (C=O) groups excluding carboxylic acids is 4. The van der Waals surface area contributed by atoms with Crippen molar-refractivity contribution >= 4 is 39.5 Å². The van der Waals surface area contributed by atoms with Gasteiger partial charge < -0.3 is 33.8 Å². The predicted octanol–water partition coefficient (Wildman–Crippen LogP) is 27.3. The molecule has 19 heteroatoms. The van der Waals surface area contributed by atoms with Crippen LogP contribution < -0.4 is 0 Å². The maximum atomic E-state index is 13.2. The second kappa shape index (κ2) is 78.9. The minimum absolute atomic E-state index is 0.108. The van der Waals surface area contributed by atoms with Gasteiger partial charge in [0.1, 0.15) is 19.3 Å². The Kier molecular flexibility index (Phi) is 77.5. The molecule has 0 rings (SSSR count). The maximum absolute atomic E-state index is 13.2. The van der Waals surface area contributed by atoms with Gasteiger partial charge in [0.25, 0.3) is 0 Å². The summed E-state index contributed by atoms with van der Waals surface area (Å²) in [4.78, 5) is 73.3. The average molecular weight is 1580 g/mol. The molecule has 0 aromatic rings. The number of hydrogen-bond donors (Lipinski definition) is 3. The molecule has 3 N–H and O–H groups in total. The molecule has 0 aromatic heterocycles. The number of aliphatic hydroxyl groups is 1. The van der Waals surface area contributed by atoms with Crippen LogP contribution >= 0.6 is 15.6 Å². The average Bonchev–Trinajstić information content (AvgIpc) is 0.922. The largest absolute Gasteiger partial charge is 0.472 e. The van der Waals surface area contributed by atoms with Crippen molar-refractivity contribution < 1.29 is 80.2 Å². The Morgan fingerprint density at radius 3 is 0.704 bits per heavy atom. The van der Waals surface area contributed by atoms with Crippen molar-refractivity contribution in [2.75, 3.05) is 39.6 Å². The molecule has 0 saturated heterocycles. The molecule has 0 aromatic carbocycles. The number of aliphatic hydroxyl groups excluding tert-OH is 1. The Labute approximate surface area is 664 Å². The summed E-state index contributed by atoms with van der Waals surface area (Å²) < 4.78 is 68.9. The Bertz CT molecular complexity index is 2080. The van der Waals surface area contributed by atoms with Crippen molar-refractivity contribution in [1.82, 2.24) is 0 Å². The Hall–Kier alpha value is -1.94. The maximum Gasteiger partial charge on any atom is 0.472 e. The molecule has 3 unspecified atom stereocenters. The second-order valence-corrected chi connectivity index (χ2v) is 36.1. The number of unbranched alkanes of at least 4 members (excludes halogenated alkanes) is 54. The fraction of sp³-hybridized carbons (Fsp3) is 0.955. The summed E-state index contributed by atoms with van der Waals surface area (Å²) >= 11 is 0. The molecule has 6 atom stereocenters. The first-order chi connectivity index (χ1) is 52.3. The summed E-state index contributed by atoms with van der Waals surface area (Å²) in [5, 5.41) is 10.7. The van der Waals surface area contributed by atoms with E-state index < -0.39 is 97.5 Å².